The van der Waals surface area contributed by atoms with E-state index in [0.29, 0.717) is 0 Å². The van der Waals surface area contributed by atoms with Crippen LogP contribution in [0.3, 0.4) is 0 Å². The van der Waals surface area contributed by atoms with Crippen molar-refractivity contribution in [3.63, 3.8) is 0 Å². The molecule has 2 heteroatoms. The summed E-state index contributed by atoms with van der Waals surface area (Å²) in [6.45, 7) is 5.43. The SMILES string of the molecule is CCCCCCCC/C=C/c1cc(=O)c2ccccc2n1CCCC. The summed E-state index contributed by atoms with van der Waals surface area (Å²) in [5.41, 5.74) is 2.23. The Morgan fingerprint density at radius 1 is 0.920 bits per heavy atom. The van der Waals surface area contributed by atoms with E-state index in [-0.39, 0.29) is 5.43 Å². The first-order valence-electron chi connectivity index (χ1n) is 10.1. The van der Waals surface area contributed by atoms with E-state index in [2.05, 4.69) is 36.6 Å². The second-order valence-electron chi connectivity index (χ2n) is 6.91. The van der Waals surface area contributed by atoms with Gasteiger partial charge in [0, 0.05) is 23.7 Å². The van der Waals surface area contributed by atoms with Gasteiger partial charge in [-0.1, -0.05) is 70.6 Å². The monoisotopic (exact) mass is 339 g/mol. The largest absolute Gasteiger partial charge is 0.341 e. The number of hydrogen-bond acceptors (Lipinski definition) is 1. The Bertz CT molecular complexity index is 726. The van der Waals surface area contributed by atoms with Crippen LogP contribution in [0.2, 0.25) is 0 Å². The molecule has 1 aromatic carbocycles. The maximum atomic E-state index is 12.4. The van der Waals surface area contributed by atoms with Gasteiger partial charge < -0.3 is 4.57 Å². The topological polar surface area (TPSA) is 22.0 Å². The molecule has 1 heterocycles. The summed E-state index contributed by atoms with van der Waals surface area (Å²) < 4.78 is 2.30. The number of nitrogens with zero attached hydrogens (tertiary/aromatic N) is 1. The van der Waals surface area contributed by atoms with Crippen molar-refractivity contribution in [2.24, 2.45) is 0 Å². The maximum Gasteiger partial charge on any atom is 0.190 e. The Hall–Kier alpha value is -1.83. The highest BCUT2D eigenvalue weighted by Gasteiger charge is 2.06. The molecule has 0 unspecified atom stereocenters. The van der Waals surface area contributed by atoms with Crippen molar-refractivity contribution in [2.75, 3.05) is 0 Å². The van der Waals surface area contributed by atoms with Gasteiger partial charge in [-0.3, -0.25) is 4.79 Å². The van der Waals surface area contributed by atoms with E-state index in [1.165, 1.54) is 38.5 Å². The van der Waals surface area contributed by atoms with Crippen molar-refractivity contribution in [1.82, 2.24) is 4.57 Å². The summed E-state index contributed by atoms with van der Waals surface area (Å²) in [5, 5.41) is 0.826. The second kappa shape index (κ2) is 10.9. The predicted octanol–water partition coefficient (Wildman–Crippen LogP) is 6.57. The number of rotatable bonds is 11. The van der Waals surface area contributed by atoms with Gasteiger partial charge in [0.1, 0.15) is 0 Å². The number of aromatic nitrogens is 1. The van der Waals surface area contributed by atoms with Crippen molar-refractivity contribution in [2.45, 2.75) is 78.2 Å². The summed E-state index contributed by atoms with van der Waals surface area (Å²) in [7, 11) is 0. The Kier molecular flexibility index (Phi) is 8.51. The number of unbranched alkanes of at least 4 members (excludes halogenated alkanes) is 7. The van der Waals surface area contributed by atoms with Crippen LogP contribution in [-0.4, -0.2) is 4.57 Å². The highest BCUT2D eigenvalue weighted by atomic mass is 16.1. The van der Waals surface area contributed by atoms with Crippen LogP contribution in [0.5, 0.6) is 0 Å². The molecular formula is C23H33NO. The first-order chi connectivity index (χ1) is 12.3. The number of allylic oxidation sites excluding steroid dienone is 1. The second-order valence-corrected chi connectivity index (χ2v) is 6.91. The van der Waals surface area contributed by atoms with Gasteiger partial charge in [-0.05, 0) is 37.5 Å². The van der Waals surface area contributed by atoms with Gasteiger partial charge in [-0.15, -0.1) is 0 Å². The van der Waals surface area contributed by atoms with Crippen molar-refractivity contribution in [1.29, 1.82) is 0 Å². The highest BCUT2D eigenvalue weighted by Crippen LogP contribution is 2.16. The lowest BCUT2D eigenvalue weighted by Crippen LogP contribution is -2.12. The Balaban J connectivity index is 2.08. The molecule has 0 amide bonds. The summed E-state index contributed by atoms with van der Waals surface area (Å²) in [6, 6.07) is 9.77. The minimum Gasteiger partial charge on any atom is -0.341 e. The molecule has 0 spiro atoms. The molecule has 2 aromatic rings. The summed E-state index contributed by atoms with van der Waals surface area (Å²) >= 11 is 0. The predicted molar refractivity (Wildman–Crippen MR) is 110 cm³/mol. The van der Waals surface area contributed by atoms with Gasteiger partial charge in [0.15, 0.2) is 5.43 Å². The molecule has 1 aromatic heterocycles. The molecule has 0 atom stereocenters. The third-order valence-corrected chi connectivity index (χ3v) is 4.80. The molecule has 2 nitrogen and oxygen atoms in total. The summed E-state index contributed by atoms with van der Waals surface area (Å²) in [5.74, 6) is 0. The molecule has 0 bridgehead atoms. The molecule has 0 saturated heterocycles. The van der Waals surface area contributed by atoms with Gasteiger partial charge in [0.25, 0.3) is 0 Å². The number of para-hydroxylation sites is 1. The van der Waals surface area contributed by atoms with Crippen LogP contribution in [0, 0.1) is 0 Å². The first kappa shape index (κ1) is 19.5. The molecule has 136 valence electrons. The molecule has 0 radical (unpaired) electrons. The van der Waals surface area contributed by atoms with E-state index in [1.807, 2.05) is 18.2 Å². The molecule has 0 N–H and O–H groups in total. The Labute approximate surface area is 152 Å². The van der Waals surface area contributed by atoms with Gasteiger partial charge in [-0.2, -0.15) is 0 Å². The Morgan fingerprint density at radius 3 is 2.44 bits per heavy atom. The number of benzene rings is 1. The third kappa shape index (κ3) is 5.88. The van der Waals surface area contributed by atoms with Gasteiger partial charge >= 0.3 is 0 Å². The molecule has 0 aliphatic rings. The van der Waals surface area contributed by atoms with Crippen molar-refractivity contribution < 1.29 is 0 Å². The molecule has 0 aliphatic heterocycles. The minimum atomic E-state index is 0.127. The van der Waals surface area contributed by atoms with E-state index in [1.54, 1.807) is 6.07 Å². The number of hydrogen-bond donors (Lipinski definition) is 0. The minimum absolute atomic E-state index is 0.127. The Morgan fingerprint density at radius 2 is 1.64 bits per heavy atom. The van der Waals surface area contributed by atoms with Crippen LogP contribution in [0.4, 0.5) is 0 Å². The number of pyridine rings is 1. The molecule has 0 fully saturated rings. The van der Waals surface area contributed by atoms with E-state index in [9.17, 15) is 4.79 Å². The highest BCUT2D eigenvalue weighted by molar-refractivity contribution is 5.80. The van der Waals surface area contributed by atoms with Crippen LogP contribution in [0.1, 0.15) is 77.3 Å². The average molecular weight is 340 g/mol. The third-order valence-electron chi connectivity index (χ3n) is 4.80. The standard InChI is InChI=1S/C23H33NO/c1-3-5-7-8-9-10-11-12-15-20-19-23(25)21-16-13-14-17-22(21)24(20)18-6-4-2/h12-17,19H,3-11,18H2,1-2H3/b15-12+. The van der Waals surface area contributed by atoms with Crippen molar-refractivity contribution >= 4 is 17.0 Å². The van der Waals surface area contributed by atoms with Crippen LogP contribution >= 0.6 is 0 Å². The fraction of sp³-hybridized carbons (Fsp3) is 0.522. The number of fused-ring (bicyclic) bond motifs is 1. The lowest BCUT2D eigenvalue weighted by molar-refractivity contribution is 0.611. The number of aryl methyl sites for hydroxylation is 1. The van der Waals surface area contributed by atoms with Gasteiger partial charge in [0.2, 0.25) is 0 Å². The van der Waals surface area contributed by atoms with Crippen LogP contribution in [-0.2, 0) is 6.54 Å². The van der Waals surface area contributed by atoms with Gasteiger partial charge in [-0.25, -0.2) is 0 Å². The van der Waals surface area contributed by atoms with Crippen LogP contribution in [0.25, 0.3) is 17.0 Å². The smallest absolute Gasteiger partial charge is 0.190 e. The van der Waals surface area contributed by atoms with Crippen molar-refractivity contribution in [3.05, 3.63) is 52.3 Å². The fourth-order valence-electron chi connectivity index (χ4n) is 3.30. The van der Waals surface area contributed by atoms with E-state index in [4.69, 9.17) is 0 Å². The lowest BCUT2D eigenvalue weighted by Gasteiger charge is -2.14. The quantitative estimate of drug-likeness (QED) is 0.425. The molecular weight excluding hydrogens is 306 g/mol. The molecule has 0 saturated carbocycles. The zero-order valence-electron chi connectivity index (χ0n) is 16.0. The normalized spacial score (nSPS) is 11.6. The first-order valence-corrected chi connectivity index (χ1v) is 10.1. The van der Waals surface area contributed by atoms with E-state index >= 15 is 0 Å². The zero-order valence-corrected chi connectivity index (χ0v) is 16.0. The van der Waals surface area contributed by atoms with E-state index in [0.717, 1.165) is 42.4 Å². The lowest BCUT2D eigenvalue weighted by atomic mass is 10.1. The van der Waals surface area contributed by atoms with Crippen LogP contribution in [0.15, 0.2) is 41.2 Å². The molecule has 0 aliphatic carbocycles. The molecule has 2 rings (SSSR count). The maximum absolute atomic E-state index is 12.4. The molecule has 25 heavy (non-hydrogen) atoms. The summed E-state index contributed by atoms with van der Waals surface area (Å²) in [4.78, 5) is 12.4. The average Bonchev–Trinajstić information content (AvgIpc) is 2.63. The fourth-order valence-corrected chi connectivity index (χ4v) is 3.30. The van der Waals surface area contributed by atoms with Crippen molar-refractivity contribution in [3.8, 4) is 0 Å². The van der Waals surface area contributed by atoms with Crippen LogP contribution < -0.4 is 5.43 Å². The summed E-state index contributed by atoms with van der Waals surface area (Å²) in [6.07, 6.45) is 15.7. The zero-order chi connectivity index (χ0) is 17.9. The van der Waals surface area contributed by atoms with E-state index < -0.39 is 0 Å². The van der Waals surface area contributed by atoms with Gasteiger partial charge in [0.05, 0.1) is 5.52 Å².